The highest BCUT2D eigenvalue weighted by molar-refractivity contribution is 8.00. The molecule has 4 N–H and O–H groups in total. The molecule has 4 aromatic carbocycles. The lowest BCUT2D eigenvalue weighted by molar-refractivity contribution is -0.113. The van der Waals surface area contributed by atoms with Gasteiger partial charge in [0.25, 0.3) is 5.91 Å². The first kappa shape index (κ1) is 23.5. The van der Waals surface area contributed by atoms with Crippen molar-refractivity contribution in [1.82, 2.24) is 0 Å². The normalized spacial score (nSPS) is 11.2. The van der Waals surface area contributed by atoms with E-state index in [1.54, 1.807) is 18.2 Å². The van der Waals surface area contributed by atoms with Gasteiger partial charge in [-0.25, -0.2) is 13.6 Å². The van der Waals surface area contributed by atoms with Crippen molar-refractivity contribution < 1.29 is 18.0 Å². The van der Waals surface area contributed by atoms with Gasteiger partial charge < -0.3 is 10.6 Å². The van der Waals surface area contributed by atoms with Gasteiger partial charge in [-0.15, -0.1) is 11.8 Å². The van der Waals surface area contributed by atoms with Crippen LogP contribution in [0.15, 0.2) is 101 Å². The van der Waals surface area contributed by atoms with E-state index in [-0.39, 0.29) is 22.5 Å². The highest BCUT2D eigenvalue weighted by Gasteiger charge is 2.10. The zero-order valence-corrected chi connectivity index (χ0v) is 19.5. The summed E-state index contributed by atoms with van der Waals surface area (Å²) in [5.41, 5.74) is 1.71. The fourth-order valence-electron chi connectivity index (χ4n) is 3.24. The highest BCUT2D eigenvalue weighted by Crippen LogP contribution is 2.22. The lowest BCUT2D eigenvalue weighted by atomic mass is 10.1. The zero-order valence-electron chi connectivity index (χ0n) is 17.9. The number of thioether (sulfide) groups is 1. The largest absolute Gasteiger partial charge is 0.325 e. The highest BCUT2D eigenvalue weighted by atomic mass is 32.2. The molecule has 0 aliphatic rings. The molecule has 0 aliphatic carbocycles. The van der Waals surface area contributed by atoms with Gasteiger partial charge >= 0.3 is 0 Å². The van der Waals surface area contributed by atoms with Crippen molar-refractivity contribution in [3.63, 3.8) is 0 Å². The minimum Gasteiger partial charge on any atom is -0.325 e. The third kappa shape index (κ3) is 6.02. The Bertz CT molecular complexity index is 1450. The van der Waals surface area contributed by atoms with Gasteiger partial charge in [0.15, 0.2) is 0 Å². The van der Waals surface area contributed by atoms with Crippen molar-refractivity contribution >= 4 is 55.7 Å². The third-order valence-corrected chi connectivity index (χ3v) is 6.90. The number of nitrogens with one attached hydrogen (secondary N) is 2. The summed E-state index contributed by atoms with van der Waals surface area (Å²) in [6.07, 6.45) is 0. The summed E-state index contributed by atoms with van der Waals surface area (Å²) in [6, 6.07) is 26.3. The average molecular weight is 492 g/mol. The van der Waals surface area contributed by atoms with Crippen LogP contribution in [0.2, 0.25) is 0 Å². The molecular formula is C25H21N3O4S2. The van der Waals surface area contributed by atoms with Crippen molar-refractivity contribution in [2.75, 3.05) is 16.4 Å². The van der Waals surface area contributed by atoms with Gasteiger partial charge in [-0.2, -0.15) is 0 Å². The molecule has 0 heterocycles. The van der Waals surface area contributed by atoms with Gasteiger partial charge in [0.1, 0.15) is 0 Å². The Morgan fingerprint density at radius 1 is 0.765 bits per heavy atom. The topological polar surface area (TPSA) is 118 Å². The van der Waals surface area contributed by atoms with Crippen LogP contribution in [-0.4, -0.2) is 26.0 Å². The zero-order chi connectivity index (χ0) is 24.1. The molecule has 0 saturated heterocycles. The number of fused-ring (bicyclic) bond motifs is 1. The smallest absolute Gasteiger partial charge is 0.255 e. The molecule has 9 heteroatoms. The van der Waals surface area contributed by atoms with Crippen molar-refractivity contribution in [2.45, 2.75) is 9.79 Å². The Hall–Kier alpha value is -3.66. The van der Waals surface area contributed by atoms with Gasteiger partial charge in [-0.3, -0.25) is 9.59 Å². The van der Waals surface area contributed by atoms with Crippen LogP contribution in [0, 0.1) is 0 Å². The molecule has 0 saturated carbocycles. The second kappa shape index (κ2) is 10.1. The SMILES string of the molecule is NS(=O)(=O)c1ccc(NC(=O)CSc2ccc(NC(=O)c3ccc4ccccc4c3)cc2)cc1. The number of primary sulfonamides is 1. The first-order chi connectivity index (χ1) is 16.3. The van der Waals surface area contributed by atoms with Crippen LogP contribution in [0.4, 0.5) is 11.4 Å². The molecule has 7 nitrogen and oxygen atoms in total. The van der Waals surface area contributed by atoms with Crippen LogP contribution in [0.1, 0.15) is 10.4 Å². The van der Waals surface area contributed by atoms with Crippen molar-refractivity contribution in [1.29, 1.82) is 0 Å². The Balaban J connectivity index is 1.30. The van der Waals surface area contributed by atoms with Gasteiger partial charge in [-0.05, 0) is 71.4 Å². The minimum absolute atomic E-state index is 0.0207. The quantitative estimate of drug-likeness (QED) is 0.330. The van der Waals surface area contributed by atoms with Gasteiger partial charge in [0, 0.05) is 21.8 Å². The first-order valence-corrected chi connectivity index (χ1v) is 12.8. The number of amides is 2. The van der Waals surface area contributed by atoms with Gasteiger partial charge in [0.2, 0.25) is 15.9 Å². The number of benzene rings is 4. The lowest BCUT2D eigenvalue weighted by Crippen LogP contribution is -2.15. The summed E-state index contributed by atoms with van der Waals surface area (Å²) < 4.78 is 22.6. The molecule has 0 fully saturated rings. The van der Waals surface area contributed by atoms with Crippen molar-refractivity contribution in [2.24, 2.45) is 5.14 Å². The number of nitrogens with two attached hydrogens (primary N) is 1. The van der Waals surface area contributed by atoms with E-state index < -0.39 is 10.0 Å². The molecule has 4 aromatic rings. The molecule has 2 amide bonds. The maximum absolute atomic E-state index is 12.6. The van der Waals surface area contributed by atoms with Gasteiger partial charge in [0.05, 0.1) is 10.6 Å². The van der Waals surface area contributed by atoms with Crippen LogP contribution < -0.4 is 15.8 Å². The van der Waals surface area contributed by atoms with Crippen LogP contribution >= 0.6 is 11.8 Å². The Morgan fingerprint density at radius 2 is 1.38 bits per heavy atom. The Labute approximate surface area is 201 Å². The summed E-state index contributed by atoms with van der Waals surface area (Å²) in [4.78, 5) is 25.6. The third-order valence-electron chi connectivity index (χ3n) is 4.96. The second-order valence-corrected chi connectivity index (χ2v) is 10.1. The van der Waals surface area contributed by atoms with E-state index in [9.17, 15) is 18.0 Å². The fraction of sp³-hybridized carbons (Fsp3) is 0.0400. The van der Waals surface area contributed by atoms with E-state index in [1.165, 1.54) is 36.0 Å². The molecular weight excluding hydrogens is 470 g/mol. The molecule has 172 valence electrons. The summed E-state index contributed by atoms with van der Waals surface area (Å²) in [7, 11) is -3.77. The standard InChI is InChI=1S/C25H21N3O4S2/c26-34(31,32)23-13-9-20(10-14-23)27-24(29)16-33-22-11-7-21(8-12-22)28-25(30)19-6-5-17-3-1-2-4-18(17)15-19/h1-15H,16H2,(H,27,29)(H,28,30)(H2,26,31,32). The molecule has 4 rings (SSSR count). The van der Waals surface area contributed by atoms with Crippen molar-refractivity contribution in [3.05, 3.63) is 96.6 Å². The molecule has 0 atom stereocenters. The molecule has 0 unspecified atom stereocenters. The van der Waals surface area contributed by atoms with Crippen LogP contribution in [-0.2, 0) is 14.8 Å². The van der Waals surface area contributed by atoms with E-state index in [2.05, 4.69) is 10.6 Å². The maximum atomic E-state index is 12.6. The van der Waals surface area contributed by atoms with E-state index in [1.807, 2.05) is 48.5 Å². The second-order valence-electron chi connectivity index (χ2n) is 7.45. The predicted octanol–water partition coefficient (Wildman–Crippen LogP) is 4.47. The first-order valence-electron chi connectivity index (χ1n) is 10.2. The number of anilines is 2. The molecule has 34 heavy (non-hydrogen) atoms. The summed E-state index contributed by atoms with van der Waals surface area (Å²) >= 11 is 1.34. The molecule has 0 bridgehead atoms. The number of carbonyl (C=O) groups is 2. The number of rotatable bonds is 7. The minimum atomic E-state index is -3.77. The summed E-state index contributed by atoms with van der Waals surface area (Å²) in [5.74, 6) is -0.263. The predicted molar refractivity (Wildman–Crippen MR) is 136 cm³/mol. The molecule has 0 spiro atoms. The van der Waals surface area contributed by atoms with E-state index in [0.717, 1.165) is 15.7 Å². The van der Waals surface area contributed by atoms with Crippen LogP contribution in [0.5, 0.6) is 0 Å². The van der Waals surface area contributed by atoms with E-state index in [0.29, 0.717) is 16.9 Å². The Morgan fingerprint density at radius 3 is 2.06 bits per heavy atom. The van der Waals surface area contributed by atoms with E-state index in [4.69, 9.17) is 5.14 Å². The fourth-order valence-corrected chi connectivity index (χ4v) is 4.46. The van der Waals surface area contributed by atoms with Crippen LogP contribution in [0.25, 0.3) is 10.8 Å². The average Bonchev–Trinajstić information content (AvgIpc) is 2.83. The lowest BCUT2D eigenvalue weighted by Gasteiger charge is -2.08. The van der Waals surface area contributed by atoms with Crippen molar-refractivity contribution in [3.8, 4) is 0 Å². The number of hydrogen-bond donors (Lipinski definition) is 3. The number of hydrogen-bond acceptors (Lipinski definition) is 5. The number of carbonyl (C=O) groups excluding carboxylic acids is 2. The number of sulfonamides is 1. The van der Waals surface area contributed by atoms with E-state index >= 15 is 0 Å². The summed E-state index contributed by atoms with van der Waals surface area (Å²) in [5, 5.41) is 12.7. The maximum Gasteiger partial charge on any atom is 0.255 e. The molecule has 0 aliphatic heterocycles. The van der Waals surface area contributed by atoms with Crippen LogP contribution in [0.3, 0.4) is 0 Å². The Kier molecular flexibility index (Phi) is 6.97. The summed E-state index contributed by atoms with van der Waals surface area (Å²) in [6.45, 7) is 0. The monoisotopic (exact) mass is 491 g/mol. The molecule has 0 radical (unpaired) electrons. The van der Waals surface area contributed by atoms with Gasteiger partial charge in [-0.1, -0.05) is 30.3 Å². The molecule has 0 aromatic heterocycles.